The molecule has 32 heavy (non-hydrogen) atoms. The van der Waals surface area contributed by atoms with Gasteiger partial charge in [0.1, 0.15) is 5.82 Å². The van der Waals surface area contributed by atoms with E-state index in [9.17, 15) is 9.59 Å². The molecule has 2 aliphatic rings. The zero-order valence-corrected chi connectivity index (χ0v) is 18.4. The van der Waals surface area contributed by atoms with Crippen molar-refractivity contribution in [1.82, 2.24) is 19.4 Å². The maximum Gasteiger partial charge on any atom is 0.265 e. The topological polar surface area (TPSA) is 67.7 Å². The average molecular weight is 433 g/mol. The monoisotopic (exact) mass is 432 g/mol. The van der Waals surface area contributed by atoms with Crippen molar-refractivity contribution >= 4 is 16.8 Å². The van der Waals surface area contributed by atoms with Gasteiger partial charge in [-0.05, 0) is 56.2 Å². The summed E-state index contributed by atoms with van der Waals surface area (Å²) >= 11 is 0. The largest absolute Gasteiger partial charge is 0.377 e. The van der Waals surface area contributed by atoms with Crippen LogP contribution in [0.4, 0.5) is 0 Å². The van der Waals surface area contributed by atoms with Gasteiger partial charge in [0, 0.05) is 44.9 Å². The number of hydrogen-bond acceptors (Lipinski definition) is 5. The average Bonchev–Trinajstić information content (AvgIpc) is 3.33. The van der Waals surface area contributed by atoms with Crippen molar-refractivity contribution in [3.63, 3.8) is 0 Å². The van der Waals surface area contributed by atoms with E-state index in [-0.39, 0.29) is 11.5 Å². The molecule has 7 nitrogen and oxygen atoms in total. The number of carbonyl (C=O) groups excluding carboxylic acids is 1. The molecule has 0 saturated carbocycles. The minimum atomic E-state index is -0.102. The quantitative estimate of drug-likeness (QED) is 0.634. The summed E-state index contributed by atoms with van der Waals surface area (Å²) in [5.41, 5.74) is 1.94. The highest BCUT2D eigenvalue weighted by Gasteiger charge is 2.25. The first-order valence-electron chi connectivity index (χ1n) is 11.3. The van der Waals surface area contributed by atoms with Crippen LogP contribution in [0, 0.1) is 6.92 Å². The summed E-state index contributed by atoms with van der Waals surface area (Å²) in [5, 5.41) is 0.583. The summed E-state index contributed by atoms with van der Waals surface area (Å²) in [6.07, 6.45) is 2.64. The number of carbonyl (C=O) groups is 1. The van der Waals surface area contributed by atoms with Gasteiger partial charge < -0.3 is 9.64 Å². The number of aryl methyl sites for hydroxylation is 1. The molecule has 3 heterocycles. The third kappa shape index (κ3) is 4.06. The third-order valence-corrected chi connectivity index (χ3v) is 6.46. The van der Waals surface area contributed by atoms with Crippen LogP contribution in [-0.2, 0) is 4.74 Å². The van der Waals surface area contributed by atoms with Gasteiger partial charge in [0.2, 0.25) is 0 Å². The fraction of sp³-hybridized carbons (Fsp3) is 0.400. The number of nitrogens with zero attached hydrogens (tertiary/aromatic N) is 4. The number of aromatic nitrogens is 2. The van der Waals surface area contributed by atoms with Gasteiger partial charge in [0.25, 0.3) is 11.5 Å². The van der Waals surface area contributed by atoms with Crippen molar-refractivity contribution in [2.45, 2.75) is 25.9 Å². The number of hydrogen-bond donors (Lipinski definition) is 0. The van der Waals surface area contributed by atoms with E-state index in [4.69, 9.17) is 4.74 Å². The van der Waals surface area contributed by atoms with Crippen LogP contribution in [0.5, 0.6) is 0 Å². The summed E-state index contributed by atoms with van der Waals surface area (Å²) in [4.78, 5) is 34.9. The number of fused-ring (bicyclic) bond motifs is 1. The Morgan fingerprint density at radius 2 is 1.81 bits per heavy atom. The first kappa shape index (κ1) is 20.8. The SMILES string of the molecule is Cc1nc2ccccc2c(=O)n1-c1ccc(C(=O)N2CCN(C[C@H]3CCCO3)CC2)cc1. The lowest BCUT2D eigenvalue weighted by molar-refractivity contribution is 0.0433. The Kier molecular flexibility index (Phi) is 5.76. The molecule has 2 fully saturated rings. The lowest BCUT2D eigenvalue weighted by atomic mass is 10.1. The van der Waals surface area contributed by atoms with Crippen molar-refractivity contribution in [2.24, 2.45) is 0 Å². The number of rotatable bonds is 4. The second-order valence-electron chi connectivity index (χ2n) is 8.59. The number of ether oxygens (including phenoxy) is 1. The zero-order valence-electron chi connectivity index (χ0n) is 18.4. The summed E-state index contributed by atoms with van der Waals surface area (Å²) < 4.78 is 7.33. The second-order valence-corrected chi connectivity index (χ2v) is 8.59. The lowest BCUT2D eigenvalue weighted by Crippen LogP contribution is -2.50. The Morgan fingerprint density at radius 1 is 1.06 bits per heavy atom. The van der Waals surface area contributed by atoms with Crippen molar-refractivity contribution in [2.75, 3.05) is 39.3 Å². The first-order valence-corrected chi connectivity index (χ1v) is 11.3. The van der Waals surface area contributed by atoms with E-state index in [1.807, 2.05) is 42.2 Å². The van der Waals surface area contributed by atoms with Gasteiger partial charge >= 0.3 is 0 Å². The number of para-hydroxylation sites is 1. The van der Waals surface area contributed by atoms with Crippen molar-refractivity contribution in [3.8, 4) is 5.69 Å². The molecule has 1 atom stereocenters. The Labute approximate surface area is 187 Å². The smallest absolute Gasteiger partial charge is 0.265 e. The fourth-order valence-electron chi connectivity index (χ4n) is 4.69. The Balaban J connectivity index is 1.29. The van der Waals surface area contributed by atoms with Gasteiger partial charge in [-0.3, -0.25) is 19.1 Å². The molecule has 1 aromatic heterocycles. The van der Waals surface area contributed by atoms with Gasteiger partial charge in [-0.2, -0.15) is 0 Å². The molecule has 5 rings (SSSR count). The molecule has 0 radical (unpaired) electrons. The maximum absolute atomic E-state index is 13.0. The summed E-state index contributed by atoms with van der Waals surface area (Å²) in [6, 6.07) is 14.6. The van der Waals surface area contributed by atoms with E-state index in [0.29, 0.717) is 34.1 Å². The predicted molar refractivity (Wildman–Crippen MR) is 123 cm³/mol. The van der Waals surface area contributed by atoms with Crippen molar-refractivity contribution < 1.29 is 9.53 Å². The Hall–Kier alpha value is -3.03. The molecule has 1 amide bonds. The molecule has 3 aromatic rings. The second kappa shape index (κ2) is 8.84. The fourth-order valence-corrected chi connectivity index (χ4v) is 4.69. The molecular weight excluding hydrogens is 404 g/mol. The molecule has 0 bridgehead atoms. The standard InChI is InChI=1S/C25H28N4O3/c1-18-26-23-7-3-2-6-22(23)25(31)29(18)20-10-8-19(9-11-20)24(30)28-14-12-27(13-15-28)17-21-5-4-16-32-21/h2-3,6-11,21H,4-5,12-17H2,1H3/t21-/m1/s1. The Bertz CT molecular complexity index is 1170. The van der Waals surface area contributed by atoms with E-state index in [1.54, 1.807) is 22.8 Å². The molecular formula is C25H28N4O3. The molecule has 7 heteroatoms. The Morgan fingerprint density at radius 3 is 2.53 bits per heavy atom. The van der Waals surface area contributed by atoms with Gasteiger partial charge in [0.15, 0.2) is 0 Å². The van der Waals surface area contributed by atoms with Crippen LogP contribution in [0.1, 0.15) is 29.0 Å². The molecule has 0 unspecified atom stereocenters. The lowest BCUT2D eigenvalue weighted by Gasteiger charge is -2.35. The van der Waals surface area contributed by atoms with Gasteiger partial charge in [-0.15, -0.1) is 0 Å². The van der Waals surface area contributed by atoms with Crippen LogP contribution in [0.15, 0.2) is 53.3 Å². The number of benzene rings is 2. The van der Waals surface area contributed by atoms with E-state index >= 15 is 0 Å². The summed E-state index contributed by atoms with van der Waals surface area (Å²) in [5.74, 6) is 0.657. The third-order valence-electron chi connectivity index (χ3n) is 6.46. The van der Waals surface area contributed by atoms with E-state index in [1.165, 1.54) is 0 Å². The molecule has 166 valence electrons. The molecule has 0 aliphatic carbocycles. The zero-order chi connectivity index (χ0) is 22.1. The highest BCUT2D eigenvalue weighted by molar-refractivity contribution is 5.94. The normalized spacial score (nSPS) is 19.5. The van der Waals surface area contributed by atoms with Crippen LogP contribution in [-0.4, -0.2) is 70.7 Å². The van der Waals surface area contributed by atoms with Gasteiger partial charge in [-0.1, -0.05) is 12.1 Å². The van der Waals surface area contributed by atoms with Crippen LogP contribution >= 0.6 is 0 Å². The molecule has 2 saturated heterocycles. The number of amides is 1. The van der Waals surface area contributed by atoms with Crippen molar-refractivity contribution in [1.29, 1.82) is 0 Å². The molecule has 0 spiro atoms. The minimum absolute atomic E-state index is 0.0361. The van der Waals surface area contributed by atoms with Gasteiger partial charge in [-0.25, -0.2) is 4.98 Å². The van der Waals surface area contributed by atoms with E-state index in [2.05, 4.69) is 9.88 Å². The van der Waals surface area contributed by atoms with Crippen LogP contribution < -0.4 is 5.56 Å². The summed E-state index contributed by atoms with van der Waals surface area (Å²) in [7, 11) is 0. The van der Waals surface area contributed by atoms with Crippen LogP contribution in [0.25, 0.3) is 16.6 Å². The predicted octanol–water partition coefficient (Wildman–Crippen LogP) is 2.63. The minimum Gasteiger partial charge on any atom is -0.377 e. The highest BCUT2D eigenvalue weighted by Crippen LogP contribution is 2.17. The highest BCUT2D eigenvalue weighted by atomic mass is 16.5. The molecule has 2 aliphatic heterocycles. The number of piperazine rings is 1. The van der Waals surface area contributed by atoms with Crippen molar-refractivity contribution in [3.05, 3.63) is 70.3 Å². The first-order chi connectivity index (χ1) is 15.6. The van der Waals surface area contributed by atoms with Crippen LogP contribution in [0.3, 0.4) is 0 Å². The van der Waals surface area contributed by atoms with Gasteiger partial charge in [0.05, 0.1) is 22.7 Å². The maximum atomic E-state index is 13.0. The molecule has 2 aromatic carbocycles. The molecule has 0 N–H and O–H groups in total. The van der Waals surface area contributed by atoms with E-state index < -0.39 is 0 Å². The van der Waals surface area contributed by atoms with E-state index in [0.717, 1.165) is 52.2 Å². The van der Waals surface area contributed by atoms with Crippen LogP contribution in [0.2, 0.25) is 0 Å². The summed E-state index contributed by atoms with van der Waals surface area (Å²) in [6.45, 7) is 6.86.